The maximum Gasteiger partial charge on any atom is 0.333 e. The molecule has 0 saturated heterocycles. The first-order valence-corrected chi connectivity index (χ1v) is 7.60. The van der Waals surface area contributed by atoms with Crippen LogP contribution in [0, 0.1) is 5.92 Å². The summed E-state index contributed by atoms with van der Waals surface area (Å²) in [6.07, 6.45) is 1.65. The average molecular weight is 340 g/mol. The first kappa shape index (κ1) is 23.9. The minimum atomic E-state index is -0.997. The second kappa shape index (κ2) is 13.1. The number of ether oxygens (including phenoxy) is 2. The molecule has 6 heteroatoms. The predicted molar refractivity (Wildman–Crippen MR) is 92.4 cm³/mol. The van der Waals surface area contributed by atoms with E-state index in [1.807, 2.05) is 13.8 Å². The zero-order valence-corrected chi connectivity index (χ0v) is 15.2. The zero-order valence-electron chi connectivity index (χ0n) is 15.2. The molecule has 0 rings (SSSR count). The minimum absolute atomic E-state index is 0.192. The Labute approximate surface area is 143 Å². The van der Waals surface area contributed by atoms with Crippen LogP contribution in [0.25, 0.3) is 0 Å². The lowest BCUT2D eigenvalue weighted by Crippen LogP contribution is -2.11. The summed E-state index contributed by atoms with van der Waals surface area (Å²) in [6, 6.07) is 0. The number of carbonyl (C=O) groups is 3. The summed E-state index contributed by atoms with van der Waals surface area (Å²) in [4.78, 5) is 32.2. The molecule has 0 atom stereocenters. The minimum Gasteiger partial charge on any atom is -0.478 e. The monoisotopic (exact) mass is 340 g/mol. The highest BCUT2D eigenvalue weighted by atomic mass is 16.5. The van der Waals surface area contributed by atoms with Crippen LogP contribution >= 0.6 is 0 Å². The summed E-state index contributed by atoms with van der Waals surface area (Å²) in [7, 11) is 0. The molecule has 0 saturated carbocycles. The number of carboxylic acids is 1. The summed E-state index contributed by atoms with van der Waals surface area (Å²) in [5.74, 6) is -1.51. The van der Waals surface area contributed by atoms with Crippen molar-refractivity contribution < 1.29 is 29.0 Å². The molecule has 0 unspecified atom stereocenters. The molecule has 0 aromatic rings. The van der Waals surface area contributed by atoms with E-state index < -0.39 is 11.9 Å². The van der Waals surface area contributed by atoms with Gasteiger partial charge in [0.05, 0.1) is 13.2 Å². The largest absolute Gasteiger partial charge is 0.478 e. The molecule has 0 fully saturated rings. The Hall–Kier alpha value is -2.37. The molecular formula is C18H28O6. The first-order chi connectivity index (χ1) is 11.0. The molecule has 0 aromatic heterocycles. The number of esters is 2. The Morgan fingerprint density at radius 3 is 1.96 bits per heavy atom. The van der Waals surface area contributed by atoms with Gasteiger partial charge in [-0.15, -0.1) is 0 Å². The summed E-state index contributed by atoms with van der Waals surface area (Å²) in [6.45, 7) is 16.4. The Bertz CT molecular complexity index is 500. The van der Waals surface area contributed by atoms with Crippen molar-refractivity contribution in [1.29, 1.82) is 0 Å². The van der Waals surface area contributed by atoms with E-state index in [4.69, 9.17) is 9.84 Å². The highest BCUT2D eigenvalue weighted by molar-refractivity contribution is 5.89. The van der Waals surface area contributed by atoms with E-state index in [1.54, 1.807) is 13.8 Å². The lowest BCUT2D eigenvalue weighted by molar-refractivity contribution is -0.140. The van der Waals surface area contributed by atoms with Crippen LogP contribution in [0.5, 0.6) is 0 Å². The van der Waals surface area contributed by atoms with Crippen LogP contribution in [0.2, 0.25) is 0 Å². The third-order valence-corrected chi connectivity index (χ3v) is 2.45. The van der Waals surface area contributed by atoms with Crippen molar-refractivity contribution >= 4 is 17.9 Å². The fraction of sp³-hybridized carbons (Fsp3) is 0.500. The van der Waals surface area contributed by atoms with E-state index >= 15 is 0 Å². The van der Waals surface area contributed by atoms with Gasteiger partial charge in [-0.1, -0.05) is 33.1 Å². The van der Waals surface area contributed by atoms with Crippen molar-refractivity contribution in [2.75, 3.05) is 13.2 Å². The van der Waals surface area contributed by atoms with Crippen molar-refractivity contribution in [2.24, 2.45) is 5.92 Å². The first-order valence-electron chi connectivity index (χ1n) is 7.60. The van der Waals surface area contributed by atoms with Gasteiger partial charge in [0.2, 0.25) is 0 Å². The molecule has 0 radical (unpaired) electrons. The number of carboxylic acid groups (broad SMARTS) is 1. The van der Waals surface area contributed by atoms with Crippen LogP contribution in [0.4, 0.5) is 0 Å². The van der Waals surface area contributed by atoms with Gasteiger partial charge in [0, 0.05) is 16.7 Å². The normalized spacial score (nSPS) is 10.3. The molecule has 0 spiro atoms. The predicted octanol–water partition coefficient (Wildman–Crippen LogP) is 3.29. The van der Waals surface area contributed by atoms with Crippen molar-refractivity contribution in [3.8, 4) is 0 Å². The molecule has 24 heavy (non-hydrogen) atoms. The van der Waals surface area contributed by atoms with Gasteiger partial charge in [0.15, 0.2) is 0 Å². The quantitative estimate of drug-likeness (QED) is 0.539. The molecule has 0 aliphatic rings. The van der Waals surface area contributed by atoms with Gasteiger partial charge in [-0.2, -0.15) is 0 Å². The lowest BCUT2D eigenvalue weighted by atomic mass is 10.1. The van der Waals surface area contributed by atoms with Crippen LogP contribution in [0.1, 0.15) is 41.0 Å². The summed E-state index contributed by atoms with van der Waals surface area (Å²) in [5.41, 5.74) is 0.908. The number of hydrogen-bond acceptors (Lipinski definition) is 5. The third kappa shape index (κ3) is 13.3. The van der Waals surface area contributed by atoms with E-state index in [2.05, 4.69) is 17.9 Å². The van der Waals surface area contributed by atoms with Gasteiger partial charge in [-0.3, -0.25) is 0 Å². The Kier molecular flexibility index (Phi) is 13.0. The fourth-order valence-corrected chi connectivity index (χ4v) is 1.05. The summed E-state index contributed by atoms with van der Waals surface area (Å²) in [5, 5.41) is 8.60. The molecule has 1 N–H and O–H groups in total. The number of allylic oxidation sites excluding steroid dienone is 1. The second-order valence-corrected chi connectivity index (χ2v) is 5.49. The standard InChI is InChI=1S/C12H18O4.C6H10O2/c1-8(2)7-16-12(15)10(4)6-5-9(3)11(13)14;1-4-8-6(7)5(2)3/h5,8H,4,6-7H2,1-3H3,(H,13,14);2,4H2,1,3H3. The lowest BCUT2D eigenvalue weighted by Gasteiger charge is -2.07. The molecule has 0 aliphatic carbocycles. The van der Waals surface area contributed by atoms with Crippen molar-refractivity contribution in [3.05, 3.63) is 36.0 Å². The highest BCUT2D eigenvalue weighted by Gasteiger charge is 2.09. The van der Waals surface area contributed by atoms with Gasteiger partial charge in [0.25, 0.3) is 0 Å². The van der Waals surface area contributed by atoms with Gasteiger partial charge in [-0.05, 0) is 33.1 Å². The van der Waals surface area contributed by atoms with Crippen LogP contribution in [-0.4, -0.2) is 36.2 Å². The van der Waals surface area contributed by atoms with Crippen LogP contribution in [0.3, 0.4) is 0 Å². The van der Waals surface area contributed by atoms with Crippen molar-refractivity contribution in [3.63, 3.8) is 0 Å². The van der Waals surface area contributed by atoms with Crippen LogP contribution in [-0.2, 0) is 23.9 Å². The zero-order chi connectivity index (χ0) is 19.3. The number of carbonyl (C=O) groups excluding carboxylic acids is 2. The van der Waals surface area contributed by atoms with E-state index in [1.165, 1.54) is 13.0 Å². The van der Waals surface area contributed by atoms with Gasteiger partial charge >= 0.3 is 17.9 Å². The van der Waals surface area contributed by atoms with Gasteiger partial charge in [0.1, 0.15) is 0 Å². The smallest absolute Gasteiger partial charge is 0.333 e. The number of aliphatic carboxylic acids is 1. The molecule has 0 aromatic carbocycles. The molecule has 0 aliphatic heterocycles. The van der Waals surface area contributed by atoms with E-state index in [0.717, 1.165) is 0 Å². The molecule has 0 bridgehead atoms. The Morgan fingerprint density at radius 1 is 1.08 bits per heavy atom. The molecule has 0 heterocycles. The van der Waals surface area contributed by atoms with Crippen LogP contribution in [0.15, 0.2) is 36.0 Å². The van der Waals surface area contributed by atoms with Gasteiger partial charge in [-0.25, -0.2) is 14.4 Å². The summed E-state index contributed by atoms with van der Waals surface area (Å²) >= 11 is 0. The van der Waals surface area contributed by atoms with E-state index in [0.29, 0.717) is 18.8 Å². The average Bonchev–Trinajstić information content (AvgIpc) is 2.50. The Balaban J connectivity index is 0. The SMILES string of the molecule is C=C(C)C(=O)OCC.C=C(CC=C(C)C(=O)O)C(=O)OCC(C)C. The van der Waals surface area contributed by atoms with Crippen molar-refractivity contribution in [2.45, 2.75) is 41.0 Å². The number of hydrogen-bond donors (Lipinski definition) is 1. The maximum atomic E-state index is 11.3. The fourth-order valence-electron chi connectivity index (χ4n) is 1.05. The molecule has 0 amide bonds. The summed E-state index contributed by atoms with van der Waals surface area (Å²) < 4.78 is 9.51. The molecular weight excluding hydrogens is 312 g/mol. The second-order valence-electron chi connectivity index (χ2n) is 5.49. The van der Waals surface area contributed by atoms with Crippen molar-refractivity contribution in [1.82, 2.24) is 0 Å². The Morgan fingerprint density at radius 2 is 1.62 bits per heavy atom. The topological polar surface area (TPSA) is 89.9 Å². The van der Waals surface area contributed by atoms with E-state index in [9.17, 15) is 14.4 Å². The molecule has 136 valence electrons. The van der Waals surface area contributed by atoms with Gasteiger partial charge < -0.3 is 14.6 Å². The molecule has 6 nitrogen and oxygen atoms in total. The van der Waals surface area contributed by atoms with E-state index in [-0.39, 0.29) is 29.5 Å². The van der Waals surface area contributed by atoms with Crippen LogP contribution < -0.4 is 0 Å². The highest BCUT2D eigenvalue weighted by Crippen LogP contribution is 2.06. The number of rotatable bonds is 8. The maximum absolute atomic E-state index is 11.3. The third-order valence-electron chi connectivity index (χ3n) is 2.45.